The van der Waals surface area contributed by atoms with E-state index < -0.39 is 0 Å². The standard InChI is InChI=1S/C12H24N4/c1-11(2)9-16(7-5-13)6-4-12-8-14-15(3)10-12/h8,10-11H,4-7,9,13H2,1-3H3. The van der Waals surface area contributed by atoms with Crippen molar-refractivity contribution in [3.8, 4) is 0 Å². The summed E-state index contributed by atoms with van der Waals surface area (Å²) in [6.45, 7) is 8.40. The molecule has 0 aliphatic carbocycles. The minimum absolute atomic E-state index is 0.695. The monoisotopic (exact) mass is 224 g/mol. The molecule has 1 aromatic heterocycles. The Kier molecular flexibility index (Phi) is 5.49. The van der Waals surface area contributed by atoms with E-state index in [9.17, 15) is 0 Å². The van der Waals surface area contributed by atoms with E-state index in [-0.39, 0.29) is 0 Å². The maximum absolute atomic E-state index is 5.62. The minimum Gasteiger partial charge on any atom is -0.329 e. The Morgan fingerprint density at radius 3 is 2.69 bits per heavy atom. The number of rotatable bonds is 7. The Morgan fingerprint density at radius 2 is 2.19 bits per heavy atom. The molecule has 0 saturated heterocycles. The van der Waals surface area contributed by atoms with E-state index in [0.717, 1.165) is 32.6 Å². The van der Waals surface area contributed by atoms with Crippen molar-refractivity contribution in [2.45, 2.75) is 20.3 Å². The first kappa shape index (κ1) is 13.2. The third kappa shape index (κ3) is 4.77. The smallest absolute Gasteiger partial charge is 0.0522 e. The zero-order valence-electron chi connectivity index (χ0n) is 10.7. The van der Waals surface area contributed by atoms with E-state index in [1.165, 1.54) is 5.56 Å². The third-order valence-corrected chi connectivity index (χ3v) is 2.54. The van der Waals surface area contributed by atoms with E-state index in [0.29, 0.717) is 5.92 Å². The van der Waals surface area contributed by atoms with Crippen LogP contribution < -0.4 is 5.73 Å². The van der Waals surface area contributed by atoms with Gasteiger partial charge in [0.25, 0.3) is 0 Å². The normalized spacial score (nSPS) is 11.6. The van der Waals surface area contributed by atoms with Crippen LogP contribution >= 0.6 is 0 Å². The van der Waals surface area contributed by atoms with Gasteiger partial charge in [0.15, 0.2) is 0 Å². The SMILES string of the molecule is CC(C)CN(CCN)CCc1cnn(C)c1. The fourth-order valence-electron chi connectivity index (χ4n) is 1.88. The van der Waals surface area contributed by atoms with Gasteiger partial charge in [0, 0.05) is 39.4 Å². The van der Waals surface area contributed by atoms with Crippen LogP contribution in [0, 0.1) is 5.92 Å². The van der Waals surface area contributed by atoms with Gasteiger partial charge in [-0.2, -0.15) is 5.10 Å². The predicted octanol–water partition coefficient (Wildman–Crippen LogP) is 0.879. The van der Waals surface area contributed by atoms with Gasteiger partial charge in [-0.3, -0.25) is 4.68 Å². The van der Waals surface area contributed by atoms with Crippen LogP contribution in [0.4, 0.5) is 0 Å². The molecule has 0 fully saturated rings. The molecule has 1 aromatic rings. The average molecular weight is 224 g/mol. The number of hydrogen-bond donors (Lipinski definition) is 1. The lowest BCUT2D eigenvalue weighted by atomic mass is 10.2. The van der Waals surface area contributed by atoms with Crippen LogP contribution in [0.5, 0.6) is 0 Å². The van der Waals surface area contributed by atoms with Crippen LogP contribution in [0.3, 0.4) is 0 Å². The largest absolute Gasteiger partial charge is 0.329 e. The highest BCUT2D eigenvalue weighted by Crippen LogP contribution is 2.02. The van der Waals surface area contributed by atoms with Crippen molar-refractivity contribution in [1.82, 2.24) is 14.7 Å². The molecule has 92 valence electrons. The van der Waals surface area contributed by atoms with Gasteiger partial charge in [-0.15, -0.1) is 0 Å². The lowest BCUT2D eigenvalue weighted by molar-refractivity contribution is 0.253. The topological polar surface area (TPSA) is 47.1 Å². The van der Waals surface area contributed by atoms with Crippen molar-refractivity contribution in [3.63, 3.8) is 0 Å². The van der Waals surface area contributed by atoms with Gasteiger partial charge in [0.2, 0.25) is 0 Å². The molecule has 4 heteroatoms. The van der Waals surface area contributed by atoms with Crippen molar-refractivity contribution in [2.24, 2.45) is 18.7 Å². The summed E-state index contributed by atoms with van der Waals surface area (Å²) in [4.78, 5) is 2.43. The molecule has 4 nitrogen and oxygen atoms in total. The first-order valence-corrected chi connectivity index (χ1v) is 6.01. The molecule has 2 N–H and O–H groups in total. The van der Waals surface area contributed by atoms with E-state index in [1.807, 2.05) is 17.9 Å². The fourth-order valence-corrected chi connectivity index (χ4v) is 1.88. The summed E-state index contributed by atoms with van der Waals surface area (Å²) in [6, 6.07) is 0. The van der Waals surface area contributed by atoms with E-state index in [4.69, 9.17) is 5.73 Å². The molecule has 0 atom stereocenters. The lowest BCUT2D eigenvalue weighted by Gasteiger charge is -2.23. The molecule has 1 rings (SSSR count). The summed E-state index contributed by atoms with van der Waals surface area (Å²) in [6.07, 6.45) is 5.08. The molecule has 0 aromatic carbocycles. The van der Waals surface area contributed by atoms with Crippen LogP contribution in [0.1, 0.15) is 19.4 Å². The Bertz CT molecular complexity index is 293. The average Bonchev–Trinajstić information content (AvgIpc) is 2.60. The first-order chi connectivity index (χ1) is 7.61. The highest BCUT2D eigenvalue weighted by atomic mass is 15.2. The highest BCUT2D eigenvalue weighted by molar-refractivity contribution is 5.03. The number of nitrogens with two attached hydrogens (primary N) is 1. The molecular weight excluding hydrogens is 200 g/mol. The molecule has 0 radical (unpaired) electrons. The van der Waals surface area contributed by atoms with Gasteiger partial charge < -0.3 is 10.6 Å². The molecule has 0 spiro atoms. The maximum Gasteiger partial charge on any atom is 0.0522 e. The summed E-state index contributed by atoms with van der Waals surface area (Å²) < 4.78 is 1.85. The highest BCUT2D eigenvalue weighted by Gasteiger charge is 2.07. The second kappa shape index (κ2) is 6.66. The first-order valence-electron chi connectivity index (χ1n) is 6.01. The molecule has 0 saturated carbocycles. The number of aromatic nitrogens is 2. The summed E-state index contributed by atoms with van der Waals surface area (Å²) in [5.41, 5.74) is 6.92. The van der Waals surface area contributed by atoms with Crippen molar-refractivity contribution in [1.29, 1.82) is 0 Å². The van der Waals surface area contributed by atoms with E-state index >= 15 is 0 Å². The number of aryl methyl sites for hydroxylation is 1. The molecular formula is C12H24N4. The van der Waals surface area contributed by atoms with Crippen LogP contribution in [0.25, 0.3) is 0 Å². The molecule has 0 bridgehead atoms. The van der Waals surface area contributed by atoms with Crippen LogP contribution in [-0.4, -0.2) is 40.9 Å². The van der Waals surface area contributed by atoms with Crippen molar-refractivity contribution >= 4 is 0 Å². The number of hydrogen-bond acceptors (Lipinski definition) is 3. The van der Waals surface area contributed by atoms with Gasteiger partial charge >= 0.3 is 0 Å². The summed E-state index contributed by atoms with van der Waals surface area (Å²) in [7, 11) is 1.95. The quantitative estimate of drug-likeness (QED) is 0.748. The Balaban J connectivity index is 2.36. The van der Waals surface area contributed by atoms with Crippen LogP contribution in [0.15, 0.2) is 12.4 Å². The Morgan fingerprint density at radius 1 is 1.44 bits per heavy atom. The minimum atomic E-state index is 0.695. The van der Waals surface area contributed by atoms with Crippen molar-refractivity contribution in [3.05, 3.63) is 18.0 Å². The summed E-state index contributed by atoms with van der Waals surface area (Å²) in [5.74, 6) is 0.695. The van der Waals surface area contributed by atoms with Gasteiger partial charge in [-0.25, -0.2) is 0 Å². The van der Waals surface area contributed by atoms with E-state index in [1.54, 1.807) is 0 Å². The van der Waals surface area contributed by atoms with Gasteiger partial charge in [0.1, 0.15) is 0 Å². The molecule has 0 amide bonds. The van der Waals surface area contributed by atoms with Gasteiger partial charge in [0.05, 0.1) is 6.20 Å². The van der Waals surface area contributed by atoms with Gasteiger partial charge in [-0.1, -0.05) is 13.8 Å². The van der Waals surface area contributed by atoms with Gasteiger partial charge in [-0.05, 0) is 17.9 Å². The zero-order chi connectivity index (χ0) is 12.0. The molecule has 0 aliphatic rings. The summed E-state index contributed by atoms with van der Waals surface area (Å²) >= 11 is 0. The third-order valence-electron chi connectivity index (χ3n) is 2.54. The predicted molar refractivity (Wildman–Crippen MR) is 67.2 cm³/mol. The second-order valence-corrected chi connectivity index (χ2v) is 4.76. The molecule has 0 aliphatic heterocycles. The van der Waals surface area contributed by atoms with Crippen LogP contribution in [0.2, 0.25) is 0 Å². The maximum atomic E-state index is 5.62. The molecule has 1 heterocycles. The lowest BCUT2D eigenvalue weighted by Crippen LogP contribution is -2.34. The fraction of sp³-hybridized carbons (Fsp3) is 0.750. The van der Waals surface area contributed by atoms with Crippen LogP contribution in [-0.2, 0) is 13.5 Å². The number of nitrogens with zero attached hydrogens (tertiary/aromatic N) is 3. The second-order valence-electron chi connectivity index (χ2n) is 4.76. The molecule has 16 heavy (non-hydrogen) atoms. The zero-order valence-corrected chi connectivity index (χ0v) is 10.7. The Hall–Kier alpha value is -0.870. The summed E-state index contributed by atoms with van der Waals surface area (Å²) in [5, 5.41) is 4.17. The van der Waals surface area contributed by atoms with Crippen molar-refractivity contribution < 1.29 is 0 Å². The molecule has 0 unspecified atom stereocenters. The van der Waals surface area contributed by atoms with Crippen molar-refractivity contribution in [2.75, 3.05) is 26.2 Å². The van der Waals surface area contributed by atoms with E-state index in [2.05, 4.69) is 30.0 Å². The Labute approximate surface area is 98.4 Å².